The Bertz CT molecular complexity index is 571. The maximum atomic E-state index is 6.02. The number of hydrogen-bond donors (Lipinski definition) is 1. The summed E-state index contributed by atoms with van der Waals surface area (Å²) in [7, 11) is 0. The lowest BCUT2D eigenvalue weighted by Crippen LogP contribution is -2.18. The lowest BCUT2D eigenvalue weighted by atomic mass is 10.1. The highest BCUT2D eigenvalue weighted by molar-refractivity contribution is 14.1. The minimum absolute atomic E-state index is 0.247. The normalized spacial score (nSPS) is 12.2. The van der Waals surface area contributed by atoms with Crippen LogP contribution in [-0.2, 0) is 0 Å². The second-order valence-electron chi connectivity index (χ2n) is 4.52. The van der Waals surface area contributed by atoms with Crippen LogP contribution in [0.3, 0.4) is 0 Å². The molecular weight excluding hydrogens is 429 g/mol. The molecule has 4 heteroatoms. The van der Waals surface area contributed by atoms with E-state index in [4.69, 9.17) is 4.74 Å². The molecule has 0 aromatic heterocycles. The topological polar surface area (TPSA) is 21.3 Å². The Hall–Kier alpha value is -0.590. The maximum absolute atomic E-state index is 6.02. The molecule has 1 N–H and O–H groups in total. The number of ether oxygens (including phenoxy) is 1. The zero-order valence-electron chi connectivity index (χ0n) is 11.5. The summed E-state index contributed by atoms with van der Waals surface area (Å²) in [5.74, 6) is 1.75. The molecule has 2 aromatic carbocycles. The van der Waals surface area contributed by atoms with Crippen LogP contribution in [0.15, 0.2) is 46.9 Å². The van der Waals surface area contributed by atoms with Crippen molar-refractivity contribution >= 4 is 38.5 Å². The van der Waals surface area contributed by atoms with Crippen molar-refractivity contribution in [2.45, 2.75) is 19.9 Å². The van der Waals surface area contributed by atoms with Crippen molar-refractivity contribution in [1.29, 1.82) is 0 Å². The Labute approximate surface area is 142 Å². The van der Waals surface area contributed by atoms with Gasteiger partial charge in [0, 0.05) is 19.6 Å². The molecule has 2 rings (SSSR count). The standard InChI is InChI=1S/C16H17BrINO/c1-3-19-11(2)15-10-12(17)4-9-16(15)20-14-7-5-13(18)6-8-14/h4-11,19H,3H2,1-2H3. The molecule has 2 nitrogen and oxygen atoms in total. The Morgan fingerprint density at radius 1 is 1.20 bits per heavy atom. The Morgan fingerprint density at radius 3 is 2.55 bits per heavy atom. The fourth-order valence-electron chi connectivity index (χ4n) is 2.00. The molecule has 106 valence electrons. The molecule has 2 aromatic rings. The molecule has 0 radical (unpaired) electrons. The Balaban J connectivity index is 2.28. The summed E-state index contributed by atoms with van der Waals surface area (Å²) >= 11 is 5.81. The minimum Gasteiger partial charge on any atom is -0.457 e. The summed E-state index contributed by atoms with van der Waals surface area (Å²) in [6.07, 6.45) is 0. The van der Waals surface area contributed by atoms with Gasteiger partial charge in [0.2, 0.25) is 0 Å². The number of nitrogens with one attached hydrogen (secondary N) is 1. The Morgan fingerprint density at radius 2 is 1.90 bits per heavy atom. The van der Waals surface area contributed by atoms with E-state index in [1.165, 1.54) is 3.57 Å². The van der Waals surface area contributed by atoms with E-state index >= 15 is 0 Å². The first-order valence-corrected chi connectivity index (χ1v) is 8.43. The first-order chi connectivity index (χ1) is 9.60. The highest BCUT2D eigenvalue weighted by Crippen LogP contribution is 2.32. The van der Waals surface area contributed by atoms with Crippen molar-refractivity contribution in [3.8, 4) is 11.5 Å². The second-order valence-corrected chi connectivity index (χ2v) is 6.68. The van der Waals surface area contributed by atoms with Gasteiger partial charge in [-0.05, 0) is 78.5 Å². The minimum atomic E-state index is 0.247. The lowest BCUT2D eigenvalue weighted by molar-refractivity contribution is 0.463. The van der Waals surface area contributed by atoms with E-state index in [0.29, 0.717) is 0 Å². The third-order valence-corrected chi connectivity index (χ3v) is 4.20. The fraction of sp³-hybridized carbons (Fsp3) is 0.250. The van der Waals surface area contributed by atoms with Crippen molar-refractivity contribution in [1.82, 2.24) is 5.32 Å². The Kier molecular flexibility index (Phi) is 5.86. The molecule has 0 spiro atoms. The molecule has 1 unspecified atom stereocenters. The van der Waals surface area contributed by atoms with Gasteiger partial charge < -0.3 is 10.1 Å². The first-order valence-electron chi connectivity index (χ1n) is 6.56. The van der Waals surface area contributed by atoms with Crippen molar-refractivity contribution in [3.05, 3.63) is 56.1 Å². The molecule has 0 bridgehead atoms. The van der Waals surface area contributed by atoms with Crippen LogP contribution < -0.4 is 10.1 Å². The SMILES string of the molecule is CCNC(C)c1cc(Br)ccc1Oc1ccc(I)cc1. The molecule has 0 aliphatic heterocycles. The predicted molar refractivity (Wildman–Crippen MR) is 95.5 cm³/mol. The summed E-state index contributed by atoms with van der Waals surface area (Å²) in [6.45, 7) is 5.18. The van der Waals surface area contributed by atoms with Gasteiger partial charge in [0.25, 0.3) is 0 Å². The van der Waals surface area contributed by atoms with Gasteiger partial charge in [-0.15, -0.1) is 0 Å². The molecule has 1 atom stereocenters. The van der Waals surface area contributed by atoms with Gasteiger partial charge in [0.1, 0.15) is 11.5 Å². The second kappa shape index (κ2) is 7.43. The molecular formula is C16H17BrINO. The van der Waals surface area contributed by atoms with Crippen molar-refractivity contribution in [2.24, 2.45) is 0 Å². The van der Waals surface area contributed by atoms with Gasteiger partial charge in [-0.1, -0.05) is 22.9 Å². The van der Waals surface area contributed by atoms with Gasteiger partial charge >= 0.3 is 0 Å². The lowest BCUT2D eigenvalue weighted by Gasteiger charge is -2.18. The van der Waals surface area contributed by atoms with Crippen LogP contribution in [0.5, 0.6) is 11.5 Å². The van der Waals surface area contributed by atoms with Crippen LogP contribution in [-0.4, -0.2) is 6.54 Å². The van der Waals surface area contributed by atoms with Crippen molar-refractivity contribution in [3.63, 3.8) is 0 Å². The van der Waals surface area contributed by atoms with E-state index in [2.05, 4.69) is 63.8 Å². The number of benzene rings is 2. The predicted octanol–water partition coefficient (Wildman–Crippen LogP) is 5.52. The van der Waals surface area contributed by atoms with Crippen LogP contribution in [0.2, 0.25) is 0 Å². The number of rotatable bonds is 5. The van der Waals surface area contributed by atoms with Crippen molar-refractivity contribution in [2.75, 3.05) is 6.54 Å². The molecule has 0 saturated carbocycles. The van der Waals surface area contributed by atoms with E-state index in [1.54, 1.807) is 0 Å². The molecule has 20 heavy (non-hydrogen) atoms. The first kappa shape index (κ1) is 15.8. The maximum Gasteiger partial charge on any atom is 0.132 e. The largest absolute Gasteiger partial charge is 0.457 e. The number of halogens is 2. The molecule has 0 aliphatic carbocycles. The van der Waals surface area contributed by atoms with Gasteiger partial charge in [0.15, 0.2) is 0 Å². The van der Waals surface area contributed by atoms with Crippen LogP contribution in [0.4, 0.5) is 0 Å². The molecule has 0 fully saturated rings. The van der Waals surface area contributed by atoms with E-state index in [1.807, 2.05) is 36.4 Å². The quantitative estimate of drug-likeness (QED) is 0.612. The van der Waals surface area contributed by atoms with Gasteiger partial charge in [-0.3, -0.25) is 0 Å². The molecule has 0 saturated heterocycles. The summed E-state index contributed by atoms with van der Waals surface area (Å²) in [5, 5.41) is 3.42. The molecule has 0 heterocycles. The van der Waals surface area contributed by atoms with E-state index in [9.17, 15) is 0 Å². The van der Waals surface area contributed by atoms with Crippen LogP contribution in [0.25, 0.3) is 0 Å². The monoisotopic (exact) mass is 445 g/mol. The average Bonchev–Trinajstić information content (AvgIpc) is 2.43. The van der Waals surface area contributed by atoms with E-state index < -0.39 is 0 Å². The third-order valence-electron chi connectivity index (χ3n) is 2.99. The highest BCUT2D eigenvalue weighted by Gasteiger charge is 2.12. The zero-order valence-corrected chi connectivity index (χ0v) is 15.2. The summed E-state index contributed by atoms with van der Waals surface area (Å²) in [6, 6.07) is 14.4. The van der Waals surface area contributed by atoms with E-state index in [-0.39, 0.29) is 6.04 Å². The summed E-state index contributed by atoms with van der Waals surface area (Å²) in [4.78, 5) is 0. The van der Waals surface area contributed by atoms with Crippen LogP contribution in [0.1, 0.15) is 25.5 Å². The summed E-state index contributed by atoms with van der Waals surface area (Å²) in [5.41, 5.74) is 1.15. The number of hydrogen-bond acceptors (Lipinski definition) is 2. The summed E-state index contributed by atoms with van der Waals surface area (Å²) < 4.78 is 8.29. The molecule has 0 aliphatic rings. The average molecular weight is 446 g/mol. The van der Waals surface area contributed by atoms with Crippen LogP contribution >= 0.6 is 38.5 Å². The van der Waals surface area contributed by atoms with Gasteiger partial charge in [-0.25, -0.2) is 0 Å². The smallest absolute Gasteiger partial charge is 0.132 e. The van der Waals surface area contributed by atoms with E-state index in [0.717, 1.165) is 28.1 Å². The van der Waals surface area contributed by atoms with Crippen molar-refractivity contribution < 1.29 is 4.74 Å². The van der Waals surface area contributed by atoms with Gasteiger partial charge in [-0.2, -0.15) is 0 Å². The fourth-order valence-corrected chi connectivity index (χ4v) is 2.73. The van der Waals surface area contributed by atoms with Crippen LogP contribution in [0, 0.1) is 3.57 Å². The van der Waals surface area contributed by atoms with Gasteiger partial charge in [0.05, 0.1) is 0 Å². The highest BCUT2D eigenvalue weighted by atomic mass is 127. The molecule has 0 amide bonds. The third kappa shape index (κ3) is 4.20. The zero-order chi connectivity index (χ0) is 14.5.